The van der Waals surface area contributed by atoms with E-state index in [1.807, 2.05) is 4.90 Å². The van der Waals surface area contributed by atoms with E-state index >= 15 is 0 Å². The molecule has 1 amide bonds. The van der Waals surface area contributed by atoms with Crippen LogP contribution in [0, 0.1) is 5.82 Å². The Labute approximate surface area is 173 Å². The molecule has 0 unspecified atom stereocenters. The van der Waals surface area contributed by atoms with Crippen LogP contribution in [0.1, 0.15) is 14.5 Å². The largest absolute Gasteiger partial charge is 0.335 e. The Bertz CT molecular complexity index is 950. The zero-order valence-electron chi connectivity index (χ0n) is 14.4. The number of benzene rings is 1. The zero-order valence-corrected chi connectivity index (χ0v) is 17.6. The predicted molar refractivity (Wildman–Crippen MR) is 111 cm³/mol. The number of halogens is 2. The summed E-state index contributed by atoms with van der Waals surface area (Å²) in [7, 11) is 0. The Balaban J connectivity index is 1.38. The zero-order chi connectivity index (χ0) is 18.8. The molecule has 0 bridgehead atoms. The number of rotatable bonds is 4. The first kappa shape index (κ1) is 18.7. The maximum atomic E-state index is 13.9. The second kappa shape index (κ2) is 8.18. The van der Waals surface area contributed by atoms with Crippen molar-refractivity contribution in [1.82, 2.24) is 14.8 Å². The minimum atomic E-state index is -0.320. The van der Waals surface area contributed by atoms with Gasteiger partial charge >= 0.3 is 0 Å². The summed E-state index contributed by atoms with van der Waals surface area (Å²) in [5.41, 5.74) is 0.438. The summed E-state index contributed by atoms with van der Waals surface area (Å²) in [6, 6.07) is 10.7. The fourth-order valence-corrected chi connectivity index (χ4v) is 5.49. The number of thiophene rings is 1. The Morgan fingerprint density at radius 1 is 1.11 bits per heavy atom. The molecule has 2 aromatic heterocycles. The molecule has 0 spiro atoms. The number of aromatic nitrogens is 1. The SMILES string of the molecule is O=C(c1cnc(-c2ccccc2F)s1)N1CCN(Cc2ccc(Br)s2)CC1. The van der Waals surface area contributed by atoms with Gasteiger partial charge in [0.25, 0.3) is 5.91 Å². The van der Waals surface area contributed by atoms with E-state index in [1.54, 1.807) is 35.7 Å². The van der Waals surface area contributed by atoms with Crippen LogP contribution in [0.25, 0.3) is 10.6 Å². The van der Waals surface area contributed by atoms with Crippen molar-refractivity contribution in [2.45, 2.75) is 6.54 Å². The average molecular weight is 466 g/mol. The first-order chi connectivity index (χ1) is 13.1. The monoisotopic (exact) mass is 465 g/mol. The molecule has 140 valence electrons. The van der Waals surface area contributed by atoms with Crippen LogP contribution in [-0.4, -0.2) is 46.9 Å². The summed E-state index contributed by atoms with van der Waals surface area (Å²) >= 11 is 6.49. The molecule has 0 radical (unpaired) electrons. The van der Waals surface area contributed by atoms with Gasteiger partial charge in [0, 0.05) is 43.2 Å². The fourth-order valence-electron chi connectivity index (χ4n) is 3.05. The van der Waals surface area contributed by atoms with E-state index in [9.17, 15) is 9.18 Å². The van der Waals surface area contributed by atoms with Crippen LogP contribution in [0.15, 0.2) is 46.4 Å². The second-order valence-electron chi connectivity index (χ2n) is 6.28. The molecule has 1 aliphatic rings. The van der Waals surface area contributed by atoms with E-state index in [4.69, 9.17) is 0 Å². The molecular weight excluding hydrogens is 449 g/mol. The Morgan fingerprint density at radius 3 is 2.59 bits per heavy atom. The van der Waals surface area contributed by atoms with Gasteiger partial charge in [0.1, 0.15) is 15.7 Å². The summed E-state index contributed by atoms with van der Waals surface area (Å²) in [6.45, 7) is 3.99. The van der Waals surface area contributed by atoms with E-state index in [0.29, 0.717) is 28.5 Å². The minimum absolute atomic E-state index is 0.0198. The van der Waals surface area contributed by atoms with Crippen molar-refractivity contribution in [3.05, 3.63) is 62.0 Å². The third kappa shape index (κ3) is 4.29. The van der Waals surface area contributed by atoms with Crippen molar-refractivity contribution in [2.75, 3.05) is 26.2 Å². The molecule has 1 fully saturated rings. The highest BCUT2D eigenvalue weighted by Gasteiger charge is 2.24. The van der Waals surface area contributed by atoms with Gasteiger partial charge < -0.3 is 4.90 Å². The lowest BCUT2D eigenvalue weighted by Gasteiger charge is -2.34. The number of thiazole rings is 1. The van der Waals surface area contributed by atoms with Gasteiger partial charge in [-0.3, -0.25) is 9.69 Å². The Hall–Kier alpha value is -1.61. The first-order valence-electron chi connectivity index (χ1n) is 8.57. The average Bonchev–Trinajstić information content (AvgIpc) is 3.31. The third-order valence-corrected chi connectivity index (χ3v) is 7.12. The summed E-state index contributed by atoms with van der Waals surface area (Å²) in [4.78, 5) is 23.1. The van der Waals surface area contributed by atoms with Crippen molar-refractivity contribution in [1.29, 1.82) is 0 Å². The molecule has 3 heterocycles. The number of carbonyl (C=O) groups is 1. The van der Waals surface area contributed by atoms with Crippen LogP contribution < -0.4 is 0 Å². The van der Waals surface area contributed by atoms with Gasteiger partial charge in [-0.2, -0.15) is 0 Å². The van der Waals surface area contributed by atoms with E-state index in [2.05, 4.69) is 37.9 Å². The number of amides is 1. The van der Waals surface area contributed by atoms with E-state index in [1.165, 1.54) is 22.3 Å². The molecule has 3 aromatic rings. The van der Waals surface area contributed by atoms with Crippen molar-refractivity contribution in [3.63, 3.8) is 0 Å². The van der Waals surface area contributed by atoms with Gasteiger partial charge in [0.15, 0.2) is 0 Å². The molecule has 27 heavy (non-hydrogen) atoms. The molecule has 0 atom stereocenters. The number of carbonyl (C=O) groups excluding carboxylic acids is 1. The molecule has 1 saturated heterocycles. The maximum absolute atomic E-state index is 13.9. The molecule has 4 rings (SSSR count). The second-order valence-corrected chi connectivity index (χ2v) is 9.86. The lowest BCUT2D eigenvalue weighted by atomic mass is 10.2. The van der Waals surface area contributed by atoms with Crippen molar-refractivity contribution >= 4 is 44.5 Å². The highest BCUT2D eigenvalue weighted by Crippen LogP contribution is 2.28. The van der Waals surface area contributed by atoms with Crippen molar-refractivity contribution in [2.24, 2.45) is 0 Å². The van der Waals surface area contributed by atoms with Crippen LogP contribution in [0.5, 0.6) is 0 Å². The molecule has 0 aliphatic carbocycles. The topological polar surface area (TPSA) is 36.4 Å². The molecule has 1 aromatic carbocycles. The first-order valence-corrected chi connectivity index (χ1v) is 11.0. The fraction of sp³-hybridized carbons (Fsp3) is 0.263. The molecular formula is C19H17BrFN3OS2. The molecule has 1 aliphatic heterocycles. The van der Waals surface area contributed by atoms with Crippen LogP contribution >= 0.6 is 38.6 Å². The molecule has 0 N–H and O–H groups in total. The van der Waals surface area contributed by atoms with Gasteiger partial charge in [0.2, 0.25) is 0 Å². The van der Waals surface area contributed by atoms with Crippen LogP contribution in [0.2, 0.25) is 0 Å². The Kier molecular flexibility index (Phi) is 5.68. The van der Waals surface area contributed by atoms with Gasteiger partial charge in [-0.1, -0.05) is 12.1 Å². The minimum Gasteiger partial charge on any atom is -0.335 e. The van der Waals surface area contributed by atoms with E-state index in [-0.39, 0.29) is 11.7 Å². The summed E-state index contributed by atoms with van der Waals surface area (Å²) in [6.07, 6.45) is 1.56. The number of nitrogens with zero attached hydrogens (tertiary/aromatic N) is 3. The third-order valence-electron chi connectivity index (χ3n) is 4.49. The Morgan fingerprint density at radius 2 is 1.89 bits per heavy atom. The lowest BCUT2D eigenvalue weighted by Crippen LogP contribution is -2.48. The standard InChI is InChI=1S/C19H17BrFN3OS2/c20-17-6-5-13(26-17)12-23-7-9-24(10-8-23)19(25)16-11-22-18(27-16)14-3-1-2-4-15(14)21/h1-6,11H,7-10,12H2. The molecule has 4 nitrogen and oxygen atoms in total. The quantitative estimate of drug-likeness (QED) is 0.558. The lowest BCUT2D eigenvalue weighted by molar-refractivity contribution is 0.0634. The van der Waals surface area contributed by atoms with Gasteiger partial charge in [0.05, 0.1) is 9.98 Å². The summed E-state index contributed by atoms with van der Waals surface area (Å²) in [5.74, 6) is -0.340. The highest BCUT2D eigenvalue weighted by atomic mass is 79.9. The number of piperazine rings is 1. The van der Waals surface area contributed by atoms with Gasteiger partial charge in [-0.15, -0.1) is 22.7 Å². The van der Waals surface area contributed by atoms with Crippen molar-refractivity contribution < 1.29 is 9.18 Å². The van der Waals surface area contributed by atoms with E-state index < -0.39 is 0 Å². The van der Waals surface area contributed by atoms with Gasteiger partial charge in [-0.25, -0.2) is 9.37 Å². The smallest absolute Gasteiger partial charge is 0.265 e. The predicted octanol–water partition coefficient (Wildman–Crippen LogP) is 4.73. The van der Waals surface area contributed by atoms with Gasteiger partial charge in [-0.05, 0) is 40.2 Å². The van der Waals surface area contributed by atoms with Crippen molar-refractivity contribution in [3.8, 4) is 10.6 Å². The van der Waals surface area contributed by atoms with E-state index in [0.717, 1.165) is 23.4 Å². The van der Waals surface area contributed by atoms with Crippen LogP contribution in [0.3, 0.4) is 0 Å². The summed E-state index contributed by atoms with van der Waals surface area (Å²) < 4.78 is 15.1. The molecule has 8 heteroatoms. The highest BCUT2D eigenvalue weighted by molar-refractivity contribution is 9.11. The normalized spacial score (nSPS) is 15.3. The maximum Gasteiger partial charge on any atom is 0.265 e. The number of hydrogen-bond acceptors (Lipinski definition) is 5. The van der Waals surface area contributed by atoms with Crippen LogP contribution in [-0.2, 0) is 6.54 Å². The summed E-state index contributed by atoms with van der Waals surface area (Å²) in [5, 5.41) is 0.540. The number of hydrogen-bond donors (Lipinski definition) is 0. The van der Waals surface area contributed by atoms with Crippen LogP contribution in [0.4, 0.5) is 4.39 Å². The molecule has 0 saturated carbocycles.